The van der Waals surface area contributed by atoms with Gasteiger partial charge in [0.25, 0.3) is 0 Å². The van der Waals surface area contributed by atoms with E-state index in [0.29, 0.717) is 6.04 Å². The lowest BCUT2D eigenvalue weighted by molar-refractivity contribution is -0.133. The van der Waals surface area contributed by atoms with Gasteiger partial charge in [0, 0.05) is 23.3 Å². The topological polar surface area (TPSA) is 55.1 Å². The minimum absolute atomic E-state index is 0.0386. The van der Waals surface area contributed by atoms with Crippen molar-refractivity contribution in [3.8, 4) is 0 Å². The quantitative estimate of drug-likeness (QED) is 0.861. The van der Waals surface area contributed by atoms with Crippen molar-refractivity contribution in [2.45, 2.75) is 63.1 Å². The van der Waals surface area contributed by atoms with Crippen molar-refractivity contribution >= 4 is 17.7 Å². The molecule has 1 aromatic rings. The van der Waals surface area contributed by atoms with Crippen molar-refractivity contribution in [1.82, 2.24) is 9.55 Å². The fraction of sp³-hybridized carbons (Fsp3) is 0.750. The smallest absolute Gasteiger partial charge is 0.313 e. The molecule has 2 aliphatic rings. The van der Waals surface area contributed by atoms with Gasteiger partial charge in [-0.2, -0.15) is 0 Å². The number of carbonyl (C=O) groups is 1. The van der Waals surface area contributed by atoms with Crippen LogP contribution in [-0.2, 0) is 10.2 Å². The molecule has 116 valence electrons. The lowest BCUT2D eigenvalue weighted by atomic mass is 9.90. The van der Waals surface area contributed by atoms with Crippen LogP contribution in [-0.4, -0.2) is 26.4 Å². The zero-order valence-electron chi connectivity index (χ0n) is 13.0. The SMILES string of the molecule is CC(C)(C)c1cnc(SCC(=O)O)n1C1CC2CCC1C2. The maximum absolute atomic E-state index is 10.9. The molecule has 2 fully saturated rings. The molecule has 1 heterocycles. The van der Waals surface area contributed by atoms with E-state index in [9.17, 15) is 4.79 Å². The summed E-state index contributed by atoms with van der Waals surface area (Å²) in [7, 11) is 0. The van der Waals surface area contributed by atoms with Gasteiger partial charge in [-0.05, 0) is 31.1 Å². The molecule has 3 unspecified atom stereocenters. The number of nitrogens with zero attached hydrogens (tertiary/aromatic N) is 2. The number of aliphatic carboxylic acids is 1. The molecule has 0 aliphatic heterocycles. The van der Waals surface area contributed by atoms with Gasteiger partial charge in [0.05, 0.1) is 5.75 Å². The van der Waals surface area contributed by atoms with Gasteiger partial charge in [0.2, 0.25) is 0 Å². The Bertz CT molecular complexity index is 547. The molecule has 0 radical (unpaired) electrons. The number of aromatic nitrogens is 2. The van der Waals surface area contributed by atoms with E-state index >= 15 is 0 Å². The monoisotopic (exact) mass is 308 g/mol. The molecule has 21 heavy (non-hydrogen) atoms. The van der Waals surface area contributed by atoms with Crippen LogP contribution < -0.4 is 0 Å². The van der Waals surface area contributed by atoms with Crippen molar-refractivity contribution in [2.75, 3.05) is 5.75 Å². The Morgan fingerprint density at radius 2 is 2.19 bits per heavy atom. The lowest BCUT2D eigenvalue weighted by Crippen LogP contribution is -2.25. The Balaban J connectivity index is 1.94. The number of thioether (sulfide) groups is 1. The Kier molecular flexibility index (Phi) is 3.80. The van der Waals surface area contributed by atoms with Gasteiger partial charge in [-0.25, -0.2) is 4.98 Å². The summed E-state index contributed by atoms with van der Waals surface area (Å²) in [6.45, 7) is 6.62. The standard InChI is InChI=1S/C16H24N2O2S/c1-16(2,3)13-8-17-15(21-9-14(19)20)18(13)12-7-10-4-5-11(12)6-10/h8,10-12H,4-7,9H2,1-3H3,(H,19,20). The third-order valence-electron chi connectivity index (χ3n) is 4.89. The fourth-order valence-electron chi connectivity index (χ4n) is 3.98. The van der Waals surface area contributed by atoms with Gasteiger partial charge < -0.3 is 9.67 Å². The van der Waals surface area contributed by atoms with Gasteiger partial charge in [0.1, 0.15) is 0 Å². The molecule has 2 bridgehead atoms. The number of hydrogen-bond donors (Lipinski definition) is 1. The van der Waals surface area contributed by atoms with E-state index in [1.165, 1.54) is 43.1 Å². The Morgan fingerprint density at radius 3 is 2.71 bits per heavy atom. The summed E-state index contributed by atoms with van der Waals surface area (Å²) in [5.41, 5.74) is 1.28. The van der Waals surface area contributed by atoms with Crippen LogP contribution in [0.3, 0.4) is 0 Å². The second-order valence-electron chi connectivity index (χ2n) is 7.47. The van der Waals surface area contributed by atoms with E-state index in [-0.39, 0.29) is 11.2 Å². The Labute approximate surface area is 130 Å². The number of carboxylic acids is 1. The zero-order chi connectivity index (χ0) is 15.2. The highest BCUT2D eigenvalue weighted by atomic mass is 32.2. The first-order valence-electron chi connectivity index (χ1n) is 7.78. The molecule has 0 spiro atoms. The van der Waals surface area contributed by atoms with Crippen LogP contribution in [0.5, 0.6) is 0 Å². The van der Waals surface area contributed by atoms with E-state index < -0.39 is 5.97 Å². The van der Waals surface area contributed by atoms with E-state index in [0.717, 1.165) is 17.0 Å². The van der Waals surface area contributed by atoms with Crippen molar-refractivity contribution < 1.29 is 9.90 Å². The van der Waals surface area contributed by atoms with Crippen LogP contribution in [0.2, 0.25) is 0 Å². The minimum Gasteiger partial charge on any atom is -0.481 e. The summed E-state index contributed by atoms with van der Waals surface area (Å²) in [5.74, 6) is 0.934. The minimum atomic E-state index is -0.778. The predicted molar refractivity (Wildman–Crippen MR) is 83.8 cm³/mol. The zero-order valence-corrected chi connectivity index (χ0v) is 13.8. The summed E-state index contributed by atoms with van der Waals surface area (Å²) < 4.78 is 2.37. The third-order valence-corrected chi connectivity index (χ3v) is 5.84. The van der Waals surface area contributed by atoms with Crippen LogP contribution in [0.15, 0.2) is 11.4 Å². The van der Waals surface area contributed by atoms with Gasteiger partial charge in [-0.1, -0.05) is 39.0 Å². The first kappa shape index (κ1) is 14.9. The molecule has 3 rings (SSSR count). The normalized spacial score (nSPS) is 28.2. The maximum Gasteiger partial charge on any atom is 0.313 e. The molecule has 0 saturated heterocycles. The Hall–Kier alpha value is -0.970. The van der Waals surface area contributed by atoms with E-state index in [1.54, 1.807) is 0 Å². The molecule has 3 atom stereocenters. The molecular weight excluding hydrogens is 284 g/mol. The van der Waals surface area contributed by atoms with E-state index in [1.807, 2.05) is 6.20 Å². The first-order valence-corrected chi connectivity index (χ1v) is 8.77. The van der Waals surface area contributed by atoms with Crippen LogP contribution in [0, 0.1) is 11.8 Å². The maximum atomic E-state index is 10.9. The molecule has 1 N–H and O–H groups in total. The number of carboxylic acid groups (broad SMARTS) is 1. The molecule has 2 aliphatic carbocycles. The molecule has 5 heteroatoms. The van der Waals surface area contributed by atoms with Crippen LogP contribution in [0.25, 0.3) is 0 Å². The van der Waals surface area contributed by atoms with Gasteiger partial charge >= 0.3 is 5.97 Å². The first-order chi connectivity index (χ1) is 9.86. The van der Waals surface area contributed by atoms with E-state index in [4.69, 9.17) is 5.11 Å². The second-order valence-corrected chi connectivity index (χ2v) is 8.41. The summed E-state index contributed by atoms with van der Waals surface area (Å²) in [4.78, 5) is 15.4. The summed E-state index contributed by atoms with van der Waals surface area (Å²) in [5, 5.41) is 9.83. The molecule has 1 aromatic heterocycles. The molecular formula is C16H24N2O2S. The highest BCUT2D eigenvalue weighted by Gasteiger charge is 2.42. The predicted octanol–water partition coefficient (Wildman–Crippen LogP) is 3.72. The third kappa shape index (κ3) is 2.85. The molecule has 4 nitrogen and oxygen atoms in total. The highest BCUT2D eigenvalue weighted by molar-refractivity contribution is 7.99. The van der Waals surface area contributed by atoms with Gasteiger partial charge in [-0.15, -0.1) is 0 Å². The number of rotatable bonds is 4. The van der Waals surface area contributed by atoms with Gasteiger partial charge in [-0.3, -0.25) is 4.79 Å². The number of fused-ring (bicyclic) bond motifs is 2. The second kappa shape index (κ2) is 5.34. The largest absolute Gasteiger partial charge is 0.481 e. The molecule has 0 amide bonds. The molecule has 0 aromatic carbocycles. The molecule has 2 saturated carbocycles. The average molecular weight is 308 g/mol. The number of imidazole rings is 1. The van der Waals surface area contributed by atoms with Gasteiger partial charge in [0.15, 0.2) is 5.16 Å². The summed E-state index contributed by atoms with van der Waals surface area (Å²) >= 11 is 1.36. The highest BCUT2D eigenvalue weighted by Crippen LogP contribution is 2.52. The van der Waals surface area contributed by atoms with Crippen LogP contribution in [0.1, 0.15) is 58.2 Å². The Morgan fingerprint density at radius 1 is 1.43 bits per heavy atom. The summed E-state index contributed by atoms with van der Waals surface area (Å²) in [6.07, 6.45) is 7.23. The van der Waals surface area contributed by atoms with Crippen LogP contribution >= 0.6 is 11.8 Å². The summed E-state index contributed by atoms with van der Waals surface area (Å²) in [6, 6.07) is 0.525. The van der Waals surface area contributed by atoms with Crippen molar-refractivity contribution in [2.24, 2.45) is 11.8 Å². The lowest BCUT2D eigenvalue weighted by Gasteiger charge is -2.30. The van der Waals surface area contributed by atoms with Crippen molar-refractivity contribution in [1.29, 1.82) is 0 Å². The van der Waals surface area contributed by atoms with Crippen molar-refractivity contribution in [3.05, 3.63) is 11.9 Å². The van der Waals surface area contributed by atoms with E-state index in [2.05, 4.69) is 30.3 Å². The van der Waals surface area contributed by atoms with Crippen LogP contribution in [0.4, 0.5) is 0 Å². The number of hydrogen-bond acceptors (Lipinski definition) is 3. The average Bonchev–Trinajstić information content (AvgIpc) is 3.09. The van der Waals surface area contributed by atoms with Crippen molar-refractivity contribution in [3.63, 3.8) is 0 Å². The fourth-order valence-corrected chi connectivity index (χ4v) is 4.73.